The first kappa shape index (κ1) is 9.57. The monoisotopic (exact) mass is 187 g/mol. The summed E-state index contributed by atoms with van der Waals surface area (Å²) in [7, 11) is 0. The Bertz CT molecular complexity index is 223. The zero-order chi connectivity index (χ0) is 9.03. The summed E-state index contributed by atoms with van der Waals surface area (Å²) in [5.74, 6) is 0. The summed E-state index contributed by atoms with van der Waals surface area (Å²) >= 11 is 1.33. The number of aliphatic hydroxyl groups excluding tert-OH is 1. The number of nitrogens with zero attached hydrogens (tertiary/aromatic N) is 2. The van der Waals surface area contributed by atoms with Crippen LogP contribution in [0.15, 0.2) is 5.38 Å². The van der Waals surface area contributed by atoms with Crippen LogP contribution in [0.5, 0.6) is 0 Å². The van der Waals surface area contributed by atoms with Crippen LogP contribution in [-0.2, 0) is 6.54 Å². The lowest BCUT2D eigenvalue weighted by molar-refractivity contribution is 0.187. The molecule has 0 fully saturated rings. The Morgan fingerprint density at radius 1 is 1.67 bits per heavy atom. The van der Waals surface area contributed by atoms with Crippen molar-refractivity contribution in [1.29, 1.82) is 0 Å². The Hall–Kier alpha value is -0.520. The molecule has 0 spiro atoms. The fourth-order valence-electron chi connectivity index (χ4n) is 0.647. The van der Waals surface area contributed by atoms with Crippen molar-refractivity contribution < 1.29 is 5.11 Å². The number of aliphatic hydroxyl groups is 1. The lowest BCUT2D eigenvalue weighted by Crippen LogP contribution is -2.42. The minimum absolute atomic E-state index is 0.116. The van der Waals surface area contributed by atoms with Gasteiger partial charge in [-0.15, -0.1) is 5.10 Å². The van der Waals surface area contributed by atoms with Gasteiger partial charge >= 0.3 is 0 Å². The Balaban J connectivity index is 2.36. The number of nitrogens with one attached hydrogen (secondary N) is 1. The third kappa shape index (κ3) is 2.84. The van der Waals surface area contributed by atoms with Gasteiger partial charge in [-0.25, -0.2) is 0 Å². The largest absolute Gasteiger partial charge is 0.394 e. The van der Waals surface area contributed by atoms with Crippen molar-refractivity contribution >= 4 is 11.5 Å². The minimum Gasteiger partial charge on any atom is -0.394 e. The highest BCUT2D eigenvalue weighted by molar-refractivity contribution is 7.03. The quantitative estimate of drug-likeness (QED) is 0.716. The van der Waals surface area contributed by atoms with Gasteiger partial charge in [-0.1, -0.05) is 4.49 Å². The zero-order valence-corrected chi connectivity index (χ0v) is 8.06. The second-order valence-electron chi connectivity index (χ2n) is 3.29. The lowest BCUT2D eigenvalue weighted by Gasteiger charge is -2.22. The van der Waals surface area contributed by atoms with E-state index in [2.05, 4.69) is 14.9 Å². The molecular weight excluding hydrogens is 174 g/mol. The van der Waals surface area contributed by atoms with Crippen molar-refractivity contribution in [3.63, 3.8) is 0 Å². The van der Waals surface area contributed by atoms with E-state index in [1.807, 2.05) is 19.2 Å². The summed E-state index contributed by atoms with van der Waals surface area (Å²) in [6.07, 6.45) is 0. The van der Waals surface area contributed by atoms with E-state index in [1.165, 1.54) is 11.5 Å². The Labute approximate surface area is 75.8 Å². The van der Waals surface area contributed by atoms with Gasteiger partial charge in [0.25, 0.3) is 0 Å². The van der Waals surface area contributed by atoms with Gasteiger partial charge in [0, 0.05) is 17.5 Å². The number of hydrogen-bond acceptors (Lipinski definition) is 5. The molecule has 0 aliphatic carbocycles. The van der Waals surface area contributed by atoms with Crippen molar-refractivity contribution in [2.45, 2.75) is 25.9 Å². The summed E-state index contributed by atoms with van der Waals surface area (Å²) in [6, 6.07) is 0. The maximum atomic E-state index is 8.93. The zero-order valence-electron chi connectivity index (χ0n) is 7.24. The fraction of sp³-hybridized carbons (Fsp3) is 0.714. The van der Waals surface area contributed by atoms with Crippen LogP contribution in [-0.4, -0.2) is 26.8 Å². The van der Waals surface area contributed by atoms with E-state index < -0.39 is 0 Å². The summed E-state index contributed by atoms with van der Waals surface area (Å²) in [6.45, 7) is 4.65. The van der Waals surface area contributed by atoms with Gasteiger partial charge in [-0.05, 0) is 25.4 Å². The molecular formula is C7H13N3OS. The van der Waals surface area contributed by atoms with E-state index >= 15 is 0 Å². The standard InChI is InChI=1S/C7H13N3OS/c1-7(2,5-11)8-3-6-4-12-10-9-6/h4,8,11H,3,5H2,1-2H3. The molecule has 0 aliphatic rings. The first-order valence-electron chi connectivity index (χ1n) is 3.76. The van der Waals surface area contributed by atoms with E-state index in [1.54, 1.807) is 0 Å². The molecule has 68 valence electrons. The van der Waals surface area contributed by atoms with Crippen molar-refractivity contribution in [2.75, 3.05) is 6.61 Å². The van der Waals surface area contributed by atoms with E-state index in [4.69, 9.17) is 5.11 Å². The molecule has 0 aliphatic heterocycles. The number of hydrogen-bond donors (Lipinski definition) is 2. The predicted octanol–water partition coefficient (Wildman–Crippen LogP) is 0.399. The normalized spacial score (nSPS) is 11.9. The summed E-state index contributed by atoms with van der Waals surface area (Å²) in [5, 5.41) is 17.9. The number of aromatic nitrogens is 2. The van der Waals surface area contributed by atoms with Crippen LogP contribution in [0, 0.1) is 0 Å². The fourth-order valence-corrected chi connectivity index (χ4v) is 1.10. The Kier molecular flexibility index (Phi) is 3.13. The average molecular weight is 187 g/mol. The van der Waals surface area contributed by atoms with Gasteiger partial charge in [-0.2, -0.15) is 0 Å². The maximum absolute atomic E-state index is 8.93. The van der Waals surface area contributed by atoms with Gasteiger partial charge in [-0.3, -0.25) is 0 Å². The summed E-state index contributed by atoms with van der Waals surface area (Å²) in [4.78, 5) is 0. The topological polar surface area (TPSA) is 58.0 Å². The molecule has 0 saturated heterocycles. The molecule has 0 amide bonds. The van der Waals surface area contributed by atoms with Crippen LogP contribution in [0.1, 0.15) is 19.5 Å². The molecule has 5 heteroatoms. The van der Waals surface area contributed by atoms with Crippen LogP contribution in [0.4, 0.5) is 0 Å². The lowest BCUT2D eigenvalue weighted by atomic mass is 10.1. The molecule has 0 unspecified atom stereocenters. The molecule has 0 atom stereocenters. The van der Waals surface area contributed by atoms with Crippen molar-refractivity contribution in [3.8, 4) is 0 Å². The van der Waals surface area contributed by atoms with Gasteiger partial charge in [0.05, 0.1) is 12.3 Å². The first-order chi connectivity index (χ1) is 5.64. The average Bonchev–Trinajstić information content (AvgIpc) is 2.53. The third-order valence-corrected chi connectivity index (χ3v) is 2.10. The molecule has 0 radical (unpaired) electrons. The molecule has 1 heterocycles. The third-order valence-electron chi connectivity index (χ3n) is 1.55. The molecule has 0 bridgehead atoms. The van der Waals surface area contributed by atoms with E-state index in [0.717, 1.165) is 5.69 Å². The van der Waals surface area contributed by atoms with Crippen LogP contribution < -0.4 is 5.32 Å². The van der Waals surface area contributed by atoms with E-state index in [9.17, 15) is 0 Å². The predicted molar refractivity (Wildman–Crippen MR) is 47.9 cm³/mol. The Morgan fingerprint density at radius 2 is 2.42 bits per heavy atom. The van der Waals surface area contributed by atoms with Crippen LogP contribution in [0.25, 0.3) is 0 Å². The molecule has 2 N–H and O–H groups in total. The SMILES string of the molecule is CC(C)(CO)NCc1csnn1. The molecule has 4 nitrogen and oxygen atoms in total. The summed E-state index contributed by atoms with van der Waals surface area (Å²) in [5.41, 5.74) is 0.672. The maximum Gasteiger partial charge on any atom is 0.0893 e. The number of rotatable bonds is 4. The van der Waals surface area contributed by atoms with E-state index in [-0.39, 0.29) is 12.1 Å². The van der Waals surface area contributed by atoms with Crippen LogP contribution in [0.3, 0.4) is 0 Å². The molecule has 0 aromatic carbocycles. The van der Waals surface area contributed by atoms with Crippen LogP contribution >= 0.6 is 11.5 Å². The molecule has 1 aromatic rings. The molecule has 1 aromatic heterocycles. The molecule has 0 saturated carbocycles. The Morgan fingerprint density at radius 3 is 2.92 bits per heavy atom. The second kappa shape index (κ2) is 3.93. The van der Waals surface area contributed by atoms with Crippen LogP contribution in [0.2, 0.25) is 0 Å². The molecule has 12 heavy (non-hydrogen) atoms. The van der Waals surface area contributed by atoms with Crippen molar-refractivity contribution in [3.05, 3.63) is 11.1 Å². The summed E-state index contributed by atoms with van der Waals surface area (Å²) < 4.78 is 3.74. The minimum atomic E-state index is -0.246. The van der Waals surface area contributed by atoms with Gasteiger partial charge in [0.15, 0.2) is 0 Å². The second-order valence-corrected chi connectivity index (χ2v) is 3.90. The highest BCUT2D eigenvalue weighted by Crippen LogP contribution is 2.03. The van der Waals surface area contributed by atoms with E-state index in [0.29, 0.717) is 6.54 Å². The smallest absolute Gasteiger partial charge is 0.0893 e. The van der Waals surface area contributed by atoms with Gasteiger partial charge < -0.3 is 10.4 Å². The van der Waals surface area contributed by atoms with Gasteiger partial charge in [0.1, 0.15) is 0 Å². The highest BCUT2D eigenvalue weighted by atomic mass is 32.1. The van der Waals surface area contributed by atoms with Gasteiger partial charge in [0.2, 0.25) is 0 Å². The molecule has 1 rings (SSSR count). The van der Waals surface area contributed by atoms with Crippen molar-refractivity contribution in [2.24, 2.45) is 0 Å². The van der Waals surface area contributed by atoms with Crippen molar-refractivity contribution in [1.82, 2.24) is 14.9 Å². The first-order valence-corrected chi connectivity index (χ1v) is 4.59. The highest BCUT2D eigenvalue weighted by Gasteiger charge is 2.15.